The largest absolute Gasteiger partial charge is 0.497 e. The number of methoxy groups -OCH3 is 2. The van der Waals surface area contributed by atoms with Crippen LogP contribution in [0.3, 0.4) is 0 Å². The Morgan fingerprint density at radius 2 is 1.48 bits per heavy atom. The average Bonchev–Trinajstić information content (AvgIpc) is 2.54. The zero-order valence-corrected chi connectivity index (χ0v) is 12.3. The lowest BCUT2D eigenvalue weighted by Gasteiger charge is -2.25. The van der Waals surface area contributed by atoms with Crippen LogP contribution in [0.5, 0.6) is 11.5 Å². The van der Waals surface area contributed by atoms with E-state index in [0.29, 0.717) is 28.2 Å². The van der Waals surface area contributed by atoms with Gasteiger partial charge in [0, 0.05) is 6.07 Å². The molecule has 4 heteroatoms. The van der Waals surface area contributed by atoms with Gasteiger partial charge in [0.2, 0.25) is 0 Å². The van der Waals surface area contributed by atoms with Crippen molar-refractivity contribution in [3.05, 3.63) is 59.2 Å². The fourth-order valence-electron chi connectivity index (χ4n) is 2.12. The first-order valence-electron chi connectivity index (χ1n) is 6.48. The molecule has 0 radical (unpaired) electrons. The van der Waals surface area contributed by atoms with Gasteiger partial charge >= 0.3 is 0 Å². The van der Waals surface area contributed by atoms with E-state index in [2.05, 4.69) is 6.07 Å². The van der Waals surface area contributed by atoms with Crippen LogP contribution in [0.1, 0.15) is 23.6 Å². The molecular formula is C17H17NO3. The topological polar surface area (TPSA) is 62.5 Å². The number of benzene rings is 2. The summed E-state index contributed by atoms with van der Waals surface area (Å²) in [5.74, 6) is 1.22. The predicted octanol–water partition coefficient (Wildman–Crippen LogP) is 2.83. The molecule has 2 aromatic rings. The monoisotopic (exact) mass is 283 g/mol. The van der Waals surface area contributed by atoms with Crippen molar-refractivity contribution in [1.82, 2.24) is 0 Å². The molecule has 0 amide bonds. The second-order valence-electron chi connectivity index (χ2n) is 4.86. The lowest BCUT2D eigenvalue weighted by Crippen LogP contribution is -2.22. The van der Waals surface area contributed by atoms with Crippen LogP contribution in [0.15, 0.2) is 42.5 Å². The highest BCUT2D eigenvalue weighted by molar-refractivity contribution is 5.45. The Morgan fingerprint density at radius 3 is 1.90 bits per heavy atom. The van der Waals surface area contributed by atoms with Crippen LogP contribution < -0.4 is 9.47 Å². The fraction of sp³-hybridized carbons (Fsp3) is 0.235. The number of hydrogen-bond acceptors (Lipinski definition) is 4. The molecule has 0 aromatic heterocycles. The van der Waals surface area contributed by atoms with Crippen LogP contribution in [0, 0.1) is 11.3 Å². The van der Waals surface area contributed by atoms with E-state index in [1.807, 2.05) is 0 Å². The van der Waals surface area contributed by atoms with Crippen LogP contribution in [0.2, 0.25) is 0 Å². The maximum absolute atomic E-state index is 10.9. The van der Waals surface area contributed by atoms with E-state index in [9.17, 15) is 5.11 Å². The average molecular weight is 283 g/mol. The quantitative estimate of drug-likeness (QED) is 0.937. The van der Waals surface area contributed by atoms with E-state index < -0.39 is 5.60 Å². The molecule has 1 N–H and O–H groups in total. The molecular weight excluding hydrogens is 266 g/mol. The SMILES string of the molecule is COc1cc(OC)cc(C(C)(O)c2ccc(C#N)cc2)c1. The van der Waals surface area contributed by atoms with Gasteiger partial charge < -0.3 is 14.6 Å². The Balaban J connectivity index is 2.49. The second kappa shape index (κ2) is 5.86. The highest BCUT2D eigenvalue weighted by Crippen LogP contribution is 2.34. The predicted molar refractivity (Wildman–Crippen MR) is 79.4 cm³/mol. The van der Waals surface area contributed by atoms with Gasteiger partial charge in [0.25, 0.3) is 0 Å². The third-order valence-corrected chi connectivity index (χ3v) is 3.49. The van der Waals surface area contributed by atoms with Crippen LogP contribution in [0.4, 0.5) is 0 Å². The van der Waals surface area contributed by atoms with Gasteiger partial charge in [-0.05, 0) is 42.3 Å². The standard InChI is InChI=1S/C17H17NO3/c1-17(19,13-6-4-12(11-18)5-7-13)14-8-15(20-2)10-16(9-14)21-3/h4-10,19H,1-3H3. The number of aliphatic hydroxyl groups is 1. The highest BCUT2D eigenvalue weighted by atomic mass is 16.5. The lowest BCUT2D eigenvalue weighted by atomic mass is 9.87. The lowest BCUT2D eigenvalue weighted by molar-refractivity contribution is 0.102. The molecule has 1 atom stereocenters. The molecule has 0 aliphatic carbocycles. The number of hydrogen-bond donors (Lipinski definition) is 1. The molecule has 0 saturated heterocycles. The molecule has 1 unspecified atom stereocenters. The number of rotatable bonds is 4. The van der Waals surface area contributed by atoms with Gasteiger partial charge in [-0.1, -0.05) is 12.1 Å². The molecule has 0 fully saturated rings. The number of nitriles is 1. The van der Waals surface area contributed by atoms with Gasteiger partial charge in [-0.2, -0.15) is 5.26 Å². The normalized spacial score (nSPS) is 13.1. The van der Waals surface area contributed by atoms with E-state index >= 15 is 0 Å². The van der Waals surface area contributed by atoms with E-state index in [0.717, 1.165) is 0 Å². The Hall–Kier alpha value is -2.51. The van der Waals surface area contributed by atoms with Crippen molar-refractivity contribution in [2.45, 2.75) is 12.5 Å². The van der Waals surface area contributed by atoms with Gasteiger partial charge in [-0.3, -0.25) is 0 Å². The number of nitrogens with zero attached hydrogens (tertiary/aromatic N) is 1. The maximum Gasteiger partial charge on any atom is 0.122 e. The summed E-state index contributed by atoms with van der Waals surface area (Å²) in [6.07, 6.45) is 0. The van der Waals surface area contributed by atoms with Gasteiger partial charge in [-0.25, -0.2) is 0 Å². The molecule has 0 bridgehead atoms. The van der Waals surface area contributed by atoms with Crippen molar-refractivity contribution >= 4 is 0 Å². The molecule has 108 valence electrons. The molecule has 2 rings (SSSR count). The van der Waals surface area contributed by atoms with Crippen LogP contribution in [-0.2, 0) is 5.60 Å². The molecule has 0 aliphatic rings. The minimum atomic E-state index is -1.21. The van der Waals surface area contributed by atoms with Crippen molar-refractivity contribution in [1.29, 1.82) is 5.26 Å². The third kappa shape index (κ3) is 2.99. The van der Waals surface area contributed by atoms with Gasteiger partial charge in [0.1, 0.15) is 17.1 Å². The van der Waals surface area contributed by atoms with Crippen molar-refractivity contribution in [3.63, 3.8) is 0 Å². The fourth-order valence-corrected chi connectivity index (χ4v) is 2.12. The van der Waals surface area contributed by atoms with Crippen LogP contribution >= 0.6 is 0 Å². The van der Waals surface area contributed by atoms with Crippen LogP contribution in [0.25, 0.3) is 0 Å². The van der Waals surface area contributed by atoms with Crippen LogP contribution in [-0.4, -0.2) is 19.3 Å². The Labute approximate surface area is 124 Å². The summed E-state index contributed by atoms with van der Waals surface area (Å²) < 4.78 is 10.5. The summed E-state index contributed by atoms with van der Waals surface area (Å²) in [7, 11) is 3.13. The summed E-state index contributed by atoms with van der Waals surface area (Å²) in [5.41, 5.74) is 0.688. The van der Waals surface area contributed by atoms with Crippen molar-refractivity contribution in [3.8, 4) is 17.6 Å². The Kier molecular flexibility index (Phi) is 4.15. The first-order chi connectivity index (χ1) is 10.0. The molecule has 0 spiro atoms. The highest BCUT2D eigenvalue weighted by Gasteiger charge is 2.27. The summed E-state index contributed by atoms with van der Waals surface area (Å²) in [6.45, 7) is 1.70. The van der Waals surface area contributed by atoms with E-state index in [4.69, 9.17) is 14.7 Å². The van der Waals surface area contributed by atoms with Gasteiger partial charge in [0.05, 0.1) is 25.9 Å². The zero-order valence-electron chi connectivity index (χ0n) is 12.3. The van der Waals surface area contributed by atoms with E-state index in [-0.39, 0.29) is 0 Å². The molecule has 2 aromatic carbocycles. The maximum atomic E-state index is 10.9. The third-order valence-electron chi connectivity index (χ3n) is 3.49. The Morgan fingerprint density at radius 1 is 0.952 bits per heavy atom. The minimum absolute atomic E-state index is 0.553. The smallest absolute Gasteiger partial charge is 0.122 e. The number of ether oxygens (including phenoxy) is 2. The van der Waals surface area contributed by atoms with Crippen molar-refractivity contribution < 1.29 is 14.6 Å². The van der Waals surface area contributed by atoms with Crippen molar-refractivity contribution in [2.24, 2.45) is 0 Å². The zero-order chi connectivity index (χ0) is 15.5. The second-order valence-corrected chi connectivity index (χ2v) is 4.86. The van der Waals surface area contributed by atoms with Gasteiger partial charge in [0.15, 0.2) is 0 Å². The minimum Gasteiger partial charge on any atom is -0.497 e. The Bertz CT molecular complexity index is 647. The summed E-state index contributed by atoms with van der Waals surface area (Å²) in [5, 5.41) is 19.7. The molecule has 0 saturated carbocycles. The molecule has 4 nitrogen and oxygen atoms in total. The molecule has 0 heterocycles. The van der Waals surface area contributed by atoms with Crippen molar-refractivity contribution in [2.75, 3.05) is 14.2 Å². The summed E-state index contributed by atoms with van der Waals surface area (Å²) in [4.78, 5) is 0. The molecule has 0 aliphatic heterocycles. The first-order valence-corrected chi connectivity index (χ1v) is 6.48. The van der Waals surface area contributed by atoms with Gasteiger partial charge in [-0.15, -0.1) is 0 Å². The summed E-state index contributed by atoms with van der Waals surface area (Å²) in [6, 6.07) is 14.2. The first kappa shape index (κ1) is 14.9. The van der Waals surface area contributed by atoms with E-state index in [1.165, 1.54) is 0 Å². The van der Waals surface area contributed by atoms with E-state index in [1.54, 1.807) is 63.6 Å². The summed E-state index contributed by atoms with van der Waals surface area (Å²) >= 11 is 0. The molecule has 21 heavy (non-hydrogen) atoms.